The quantitative estimate of drug-likeness (QED) is 0.930. The van der Waals surface area contributed by atoms with Crippen molar-refractivity contribution in [2.75, 3.05) is 13.2 Å². The molecule has 0 radical (unpaired) electrons. The van der Waals surface area contributed by atoms with Crippen LogP contribution in [0.15, 0.2) is 22.7 Å². The molecule has 0 bridgehead atoms. The summed E-state index contributed by atoms with van der Waals surface area (Å²) in [5.74, 6) is -0.500. The van der Waals surface area contributed by atoms with Crippen LogP contribution >= 0.6 is 15.9 Å². The van der Waals surface area contributed by atoms with E-state index in [1.807, 2.05) is 0 Å². The number of nitrogens with two attached hydrogens (primary N) is 1. The second-order valence-electron chi connectivity index (χ2n) is 4.60. The predicted molar refractivity (Wildman–Crippen MR) is 69.8 cm³/mol. The normalized spacial score (nSPS) is 18.6. The van der Waals surface area contributed by atoms with E-state index in [4.69, 9.17) is 10.5 Å². The van der Waals surface area contributed by atoms with E-state index in [2.05, 4.69) is 15.9 Å². The van der Waals surface area contributed by atoms with Crippen LogP contribution in [0.4, 0.5) is 4.39 Å². The van der Waals surface area contributed by atoms with Crippen LogP contribution in [-0.4, -0.2) is 24.5 Å². The van der Waals surface area contributed by atoms with Crippen molar-refractivity contribution < 1.29 is 13.9 Å². The molecule has 2 rings (SSSR count). The Morgan fingerprint density at radius 3 is 2.72 bits per heavy atom. The highest BCUT2D eigenvalue weighted by Crippen LogP contribution is 2.22. The average Bonchev–Trinajstić information content (AvgIpc) is 2.33. The van der Waals surface area contributed by atoms with E-state index in [0.717, 1.165) is 0 Å². The Morgan fingerprint density at radius 1 is 1.44 bits per heavy atom. The van der Waals surface area contributed by atoms with Crippen LogP contribution < -0.4 is 5.73 Å². The molecule has 1 saturated heterocycles. The highest BCUT2D eigenvalue weighted by atomic mass is 79.9. The summed E-state index contributed by atoms with van der Waals surface area (Å²) in [6.07, 6.45) is 1.05. The molecule has 0 spiro atoms. The first-order valence-electron chi connectivity index (χ1n) is 5.85. The maximum atomic E-state index is 13.7. The number of halogens is 2. The molecule has 1 heterocycles. The highest BCUT2D eigenvalue weighted by molar-refractivity contribution is 9.10. The number of carbonyl (C=O) groups excluding carboxylic acids is 1. The van der Waals surface area contributed by atoms with Crippen LogP contribution in [0.3, 0.4) is 0 Å². The van der Waals surface area contributed by atoms with Crippen molar-refractivity contribution >= 4 is 21.7 Å². The molecule has 98 valence electrons. The number of hydrogen-bond acceptors (Lipinski definition) is 3. The fraction of sp³-hybridized carbons (Fsp3) is 0.462. The summed E-state index contributed by atoms with van der Waals surface area (Å²) < 4.78 is 19.5. The largest absolute Gasteiger partial charge is 0.381 e. The fourth-order valence-corrected chi connectivity index (χ4v) is 2.36. The van der Waals surface area contributed by atoms with E-state index in [-0.39, 0.29) is 18.0 Å². The molecule has 0 unspecified atom stereocenters. The van der Waals surface area contributed by atoms with E-state index in [1.165, 1.54) is 6.07 Å². The van der Waals surface area contributed by atoms with Gasteiger partial charge < -0.3 is 10.5 Å². The number of hydrogen-bond donors (Lipinski definition) is 1. The van der Waals surface area contributed by atoms with Gasteiger partial charge in [-0.05, 0) is 30.5 Å². The third-order valence-corrected chi connectivity index (χ3v) is 3.80. The van der Waals surface area contributed by atoms with E-state index in [9.17, 15) is 9.18 Å². The van der Waals surface area contributed by atoms with Gasteiger partial charge in [-0.2, -0.15) is 0 Å². The average molecular weight is 316 g/mol. The second-order valence-corrected chi connectivity index (χ2v) is 5.52. The molecule has 18 heavy (non-hydrogen) atoms. The molecule has 1 aliphatic heterocycles. The first kappa shape index (κ1) is 13.6. The van der Waals surface area contributed by atoms with E-state index < -0.39 is 5.54 Å². The third kappa shape index (κ3) is 2.96. The number of rotatable bonds is 3. The van der Waals surface area contributed by atoms with Gasteiger partial charge >= 0.3 is 0 Å². The Kier molecular flexibility index (Phi) is 4.14. The molecule has 1 aliphatic rings. The van der Waals surface area contributed by atoms with Crippen LogP contribution in [0, 0.1) is 5.82 Å². The summed E-state index contributed by atoms with van der Waals surface area (Å²) in [6, 6.07) is 4.69. The molecule has 1 fully saturated rings. The Labute approximate surface area is 114 Å². The van der Waals surface area contributed by atoms with Gasteiger partial charge in [0.25, 0.3) is 0 Å². The fourth-order valence-electron chi connectivity index (χ4n) is 2.03. The van der Waals surface area contributed by atoms with Crippen molar-refractivity contribution in [3.8, 4) is 0 Å². The molecule has 0 saturated carbocycles. The Hall–Kier alpha value is -0.780. The summed E-state index contributed by atoms with van der Waals surface area (Å²) in [5.41, 5.74) is 5.59. The SMILES string of the molecule is NC1(C(=O)Cc2ccc(Br)cc2F)CCOCC1. The minimum atomic E-state index is -0.863. The van der Waals surface area contributed by atoms with Crippen LogP contribution in [0.2, 0.25) is 0 Å². The zero-order valence-corrected chi connectivity index (χ0v) is 11.5. The van der Waals surface area contributed by atoms with Crippen molar-refractivity contribution in [2.45, 2.75) is 24.8 Å². The standard InChI is InChI=1S/C13H15BrFNO2/c14-10-2-1-9(11(15)8-10)7-12(17)13(16)3-5-18-6-4-13/h1-2,8H,3-7,16H2. The maximum absolute atomic E-state index is 13.7. The lowest BCUT2D eigenvalue weighted by Crippen LogP contribution is -2.52. The lowest BCUT2D eigenvalue weighted by atomic mass is 9.84. The molecule has 2 N–H and O–H groups in total. The van der Waals surface area contributed by atoms with Gasteiger partial charge in [0.15, 0.2) is 5.78 Å². The first-order valence-corrected chi connectivity index (χ1v) is 6.64. The summed E-state index contributed by atoms with van der Waals surface area (Å²) >= 11 is 3.18. The van der Waals surface area contributed by atoms with E-state index in [0.29, 0.717) is 36.1 Å². The first-order chi connectivity index (χ1) is 8.51. The minimum absolute atomic E-state index is 0.0373. The molecule has 0 aliphatic carbocycles. The van der Waals surface area contributed by atoms with Crippen molar-refractivity contribution in [2.24, 2.45) is 5.73 Å². The van der Waals surface area contributed by atoms with Gasteiger partial charge in [0.1, 0.15) is 5.82 Å². The van der Waals surface area contributed by atoms with Gasteiger partial charge in [0.05, 0.1) is 5.54 Å². The third-order valence-electron chi connectivity index (χ3n) is 3.31. The van der Waals surface area contributed by atoms with Crippen LogP contribution in [-0.2, 0) is 16.0 Å². The summed E-state index contributed by atoms with van der Waals surface area (Å²) in [7, 11) is 0. The summed E-state index contributed by atoms with van der Waals surface area (Å²) in [4.78, 5) is 12.2. The number of ketones is 1. The van der Waals surface area contributed by atoms with Crippen molar-refractivity contribution in [1.29, 1.82) is 0 Å². The van der Waals surface area contributed by atoms with Crippen LogP contribution in [0.25, 0.3) is 0 Å². The maximum Gasteiger partial charge on any atom is 0.157 e. The number of benzene rings is 1. The number of ether oxygens (including phenoxy) is 1. The lowest BCUT2D eigenvalue weighted by Gasteiger charge is -2.31. The van der Waals surface area contributed by atoms with Crippen LogP contribution in [0.1, 0.15) is 18.4 Å². The zero-order valence-electron chi connectivity index (χ0n) is 9.92. The molecule has 1 aromatic carbocycles. The van der Waals surface area contributed by atoms with Gasteiger partial charge in [-0.25, -0.2) is 4.39 Å². The molecular formula is C13H15BrFNO2. The molecular weight excluding hydrogens is 301 g/mol. The topological polar surface area (TPSA) is 52.3 Å². The second kappa shape index (κ2) is 5.47. The van der Waals surface area contributed by atoms with Crippen molar-refractivity contribution in [3.63, 3.8) is 0 Å². The lowest BCUT2D eigenvalue weighted by molar-refractivity contribution is -0.126. The molecule has 3 nitrogen and oxygen atoms in total. The van der Waals surface area contributed by atoms with E-state index >= 15 is 0 Å². The Balaban J connectivity index is 2.11. The summed E-state index contributed by atoms with van der Waals surface area (Å²) in [5, 5.41) is 0. The van der Waals surface area contributed by atoms with Crippen molar-refractivity contribution in [1.82, 2.24) is 0 Å². The number of carbonyl (C=O) groups is 1. The smallest absolute Gasteiger partial charge is 0.157 e. The van der Waals surface area contributed by atoms with Gasteiger partial charge in [-0.1, -0.05) is 22.0 Å². The molecule has 1 aromatic rings. The monoisotopic (exact) mass is 315 g/mol. The van der Waals surface area contributed by atoms with E-state index in [1.54, 1.807) is 12.1 Å². The zero-order chi connectivity index (χ0) is 13.2. The molecule has 0 amide bonds. The summed E-state index contributed by atoms with van der Waals surface area (Å²) in [6.45, 7) is 0.982. The number of Topliss-reactive ketones (excluding diaryl/α,β-unsaturated/α-hetero) is 1. The van der Waals surface area contributed by atoms with Gasteiger partial charge in [0.2, 0.25) is 0 Å². The Morgan fingerprint density at radius 2 is 2.11 bits per heavy atom. The minimum Gasteiger partial charge on any atom is -0.381 e. The van der Waals surface area contributed by atoms with Gasteiger partial charge in [-0.15, -0.1) is 0 Å². The van der Waals surface area contributed by atoms with Gasteiger partial charge in [0, 0.05) is 24.1 Å². The molecule has 0 atom stereocenters. The highest BCUT2D eigenvalue weighted by Gasteiger charge is 2.35. The predicted octanol–water partition coefficient (Wildman–Crippen LogP) is 2.21. The molecule has 5 heteroatoms. The molecule has 0 aromatic heterocycles. The van der Waals surface area contributed by atoms with Crippen molar-refractivity contribution in [3.05, 3.63) is 34.1 Å². The Bertz CT molecular complexity index is 458. The van der Waals surface area contributed by atoms with Gasteiger partial charge in [-0.3, -0.25) is 4.79 Å². The van der Waals surface area contributed by atoms with Crippen LogP contribution in [0.5, 0.6) is 0 Å².